The van der Waals surface area contributed by atoms with Crippen LogP contribution in [0.1, 0.15) is 0 Å². The van der Waals surface area contributed by atoms with Crippen molar-refractivity contribution < 1.29 is 14.6 Å². The molecule has 2 N–H and O–H groups in total. The highest BCUT2D eigenvalue weighted by Gasteiger charge is 1.95. The summed E-state index contributed by atoms with van der Waals surface area (Å²) < 4.78 is 4.34. The first-order valence-electron chi connectivity index (χ1n) is 1.75. The second-order valence-electron chi connectivity index (χ2n) is 1.14. The normalized spacial score (nSPS) is 8.00. The summed E-state index contributed by atoms with van der Waals surface area (Å²) in [5.74, 6) is -0.444. The molecule has 0 aliphatic rings. The Bertz CT molecular complexity index is 144. The first-order chi connectivity index (χ1) is 3.30. The second-order valence-corrected chi connectivity index (χ2v) is 1.14. The molecule has 3 nitrogen and oxygen atoms in total. The molecule has 1 heterocycles. The van der Waals surface area contributed by atoms with Crippen LogP contribution in [0.25, 0.3) is 0 Å². The largest absolute Gasteiger partial charge is 0.502 e. The van der Waals surface area contributed by atoms with Gasteiger partial charge in [0.15, 0.2) is 11.5 Å². The lowest BCUT2D eigenvalue weighted by Gasteiger charge is -1.76. The van der Waals surface area contributed by atoms with Gasteiger partial charge in [0.25, 0.3) is 0 Å². The maximum atomic E-state index is 8.42. The quantitative estimate of drug-likeness (QED) is 0.562. The Hall–Kier alpha value is -0.830. The van der Waals surface area contributed by atoms with Crippen LogP contribution >= 0.6 is 12.4 Å². The molecule has 0 fully saturated rings. The van der Waals surface area contributed by atoms with Gasteiger partial charge in [0, 0.05) is 0 Å². The van der Waals surface area contributed by atoms with E-state index >= 15 is 0 Å². The van der Waals surface area contributed by atoms with Crippen LogP contribution < -0.4 is 0 Å². The van der Waals surface area contributed by atoms with Gasteiger partial charge >= 0.3 is 0 Å². The molecule has 8 heavy (non-hydrogen) atoms. The predicted molar refractivity (Wildman–Crippen MR) is 29.3 cm³/mol. The molecule has 0 saturated carbocycles. The van der Waals surface area contributed by atoms with Gasteiger partial charge in [0.05, 0.1) is 0 Å². The average Bonchev–Trinajstić information content (AvgIpc) is 1.91. The third-order valence-electron chi connectivity index (χ3n) is 0.622. The van der Waals surface area contributed by atoms with Gasteiger partial charge < -0.3 is 14.6 Å². The fourth-order valence-corrected chi connectivity index (χ4v) is 0.284. The highest BCUT2D eigenvalue weighted by Crippen LogP contribution is 2.23. The van der Waals surface area contributed by atoms with Gasteiger partial charge in [-0.15, -0.1) is 12.4 Å². The topological polar surface area (TPSA) is 53.6 Å². The molecular formula is C4H5ClO3. The van der Waals surface area contributed by atoms with Crippen molar-refractivity contribution in [1.82, 2.24) is 0 Å². The molecule has 4 heteroatoms. The van der Waals surface area contributed by atoms with Crippen molar-refractivity contribution in [3.05, 3.63) is 12.5 Å². The minimum Gasteiger partial charge on any atom is -0.502 e. The van der Waals surface area contributed by atoms with E-state index in [1.165, 1.54) is 0 Å². The van der Waals surface area contributed by atoms with Crippen LogP contribution in [-0.2, 0) is 0 Å². The Labute approximate surface area is 52.0 Å². The highest BCUT2D eigenvalue weighted by atomic mass is 35.5. The molecule has 0 aliphatic heterocycles. The fourth-order valence-electron chi connectivity index (χ4n) is 0.284. The van der Waals surface area contributed by atoms with Crippen LogP contribution in [0.3, 0.4) is 0 Å². The Balaban J connectivity index is 0.000000490. The molecule has 0 bridgehead atoms. The van der Waals surface area contributed by atoms with E-state index in [2.05, 4.69) is 4.42 Å². The maximum Gasteiger partial charge on any atom is 0.196 e. The van der Waals surface area contributed by atoms with Crippen molar-refractivity contribution in [1.29, 1.82) is 0 Å². The van der Waals surface area contributed by atoms with Crippen molar-refractivity contribution in [2.75, 3.05) is 0 Å². The Morgan fingerprint density at radius 2 is 1.50 bits per heavy atom. The zero-order valence-corrected chi connectivity index (χ0v) is 4.68. The van der Waals surface area contributed by atoms with Gasteiger partial charge in [-0.3, -0.25) is 0 Å². The van der Waals surface area contributed by atoms with E-state index < -0.39 is 0 Å². The second kappa shape index (κ2) is 2.47. The van der Waals surface area contributed by atoms with E-state index in [-0.39, 0.29) is 23.9 Å². The Kier molecular flexibility index (Phi) is 2.21. The smallest absolute Gasteiger partial charge is 0.196 e. The molecule has 0 atom stereocenters. The average molecular weight is 137 g/mol. The van der Waals surface area contributed by atoms with E-state index in [9.17, 15) is 0 Å². The SMILES string of the molecule is Cl.Oc1cocc1O. The molecule has 1 rings (SSSR count). The van der Waals surface area contributed by atoms with Gasteiger partial charge in [-0.1, -0.05) is 0 Å². The summed E-state index contributed by atoms with van der Waals surface area (Å²) in [5, 5.41) is 16.8. The maximum absolute atomic E-state index is 8.42. The molecule has 0 radical (unpaired) electrons. The summed E-state index contributed by atoms with van der Waals surface area (Å²) in [7, 11) is 0. The third-order valence-corrected chi connectivity index (χ3v) is 0.622. The van der Waals surface area contributed by atoms with E-state index in [0.717, 1.165) is 12.5 Å². The highest BCUT2D eigenvalue weighted by molar-refractivity contribution is 5.85. The van der Waals surface area contributed by atoms with E-state index in [4.69, 9.17) is 10.2 Å². The van der Waals surface area contributed by atoms with Gasteiger partial charge in [-0.25, -0.2) is 0 Å². The summed E-state index contributed by atoms with van der Waals surface area (Å²) in [5.41, 5.74) is 0. The Morgan fingerprint density at radius 1 is 1.12 bits per heavy atom. The van der Waals surface area contributed by atoms with Crippen LogP contribution in [0.15, 0.2) is 16.9 Å². The molecule has 1 aromatic heterocycles. The van der Waals surface area contributed by atoms with Crippen molar-refractivity contribution >= 4 is 12.4 Å². The summed E-state index contributed by atoms with van der Waals surface area (Å²) in [4.78, 5) is 0. The van der Waals surface area contributed by atoms with Crippen molar-refractivity contribution in [3.8, 4) is 11.5 Å². The van der Waals surface area contributed by atoms with Gasteiger partial charge in [-0.05, 0) is 0 Å². The number of aromatic hydroxyl groups is 2. The number of rotatable bonds is 0. The molecule has 46 valence electrons. The zero-order valence-electron chi connectivity index (χ0n) is 3.87. The van der Waals surface area contributed by atoms with Gasteiger partial charge in [0.1, 0.15) is 12.5 Å². The van der Waals surface area contributed by atoms with Crippen LogP contribution in [0.5, 0.6) is 11.5 Å². The lowest BCUT2D eigenvalue weighted by atomic mass is 10.6. The number of hydrogen-bond acceptors (Lipinski definition) is 3. The molecule has 0 aliphatic carbocycles. The minimum atomic E-state index is -0.222. The van der Waals surface area contributed by atoms with Crippen molar-refractivity contribution in [2.24, 2.45) is 0 Å². The summed E-state index contributed by atoms with van der Waals surface area (Å²) >= 11 is 0. The third kappa shape index (κ3) is 1.07. The van der Waals surface area contributed by atoms with Crippen LogP contribution in [0, 0.1) is 0 Å². The summed E-state index contributed by atoms with van der Waals surface area (Å²) in [6.07, 6.45) is 2.10. The molecule has 0 aromatic carbocycles. The predicted octanol–water partition coefficient (Wildman–Crippen LogP) is 1.11. The van der Waals surface area contributed by atoms with E-state index in [1.807, 2.05) is 0 Å². The van der Waals surface area contributed by atoms with Gasteiger partial charge in [-0.2, -0.15) is 0 Å². The zero-order chi connectivity index (χ0) is 5.28. The Morgan fingerprint density at radius 3 is 1.62 bits per heavy atom. The number of halogens is 1. The standard InChI is InChI=1S/C4H4O3.ClH/c5-3-1-7-2-4(3)6;/h1-2,5-6H;1H. The first-order valence-corrected chi connectivity index (χ1v) is 1.75. The van der Waals surface area contributed by atoms with E-state index in [0.29, 0.717) is 0 Å². The van der Waals surface area contributed by atoms with Crippen molar-refractivity contribution in [2.45, 2.75) is 0 Å². The summed E-state index contributed by atoms with van der Waals surface area (Å²) in [6, 6.07) is 0. The van der Waals surface area contributed by atoms with E-state index in [1.54, 1.807) is 0 Å². The molecule has 1 aromatic rings. The van der Waals surface area contributed by atoms with Crippen LogP contribution in [-0.4, -0.2) is 10.2 Å². The van der Waals surface area contributed by atoms with Crippen molar-refractivity contribution in [3.63, 3.8) is 0 Å². The number of hydrogen-bond donors (Lipinski definition) is 2. The fraction of sp³-hybridized carbons (Fsp3) is 0. The lowest BCUT2D eigenvalue weighted by Crippen LogP contribution is -1.50. The van der Waals surface area contributed by atoms with Crippen LogP contribution in [0.2, 0.25) is 0 Å². The molecule has 0 amide bonds. The van der Waals surface area contributed by atoms with Crippen LogP contribution in [0.4, 0.5) is 0 Å². The minimum absolute atomic E-state index is 0. The monoisotopic (exact) mass is 136 g/mol. The number of furan rings is 1. The molecular weight excluding hydrogens is 131 g/mol. The summed E-state index contributed by atoms with van der Waals surface area (Å²) in [6.45, 7) is 0. The molecule has 0 spiro atoms. The molecule has 0 saturated heterocycles. The lowest BCUT2D eigenvalue weighted by molar-refractivity contribution is 0.407. The van der Waals surface area contributed by atoms with Gasteiger partial charge in [0.2, 0.25) is 0 Å². The molecule has 0 unspecified atom stereocenters. The first kappa shape index (κ1) is 7.17.